The van der Waals surface area contributed by atoms with Crippen LogP contribution >= 0.6 is 11.6 Å². The molecule has 2 heterocycles. The van der Waals surface area contributed by atoms with Crippen molar-refractivity contribution in [2.45, 2.75) is 6.54 Å². The van der Waals surface area contributed by atoms with Crippen LogP contribution in [-0.2, 0) is 6.54 Å². The monoisotopic (exact) mass is 238 g/mol. The molecule has 0 aliphatic rings. The van der Waals surface area contributed by atoms with E-state index in [1.165, 1.54) is 10.8 Å². The largest absolute Gasteiger partial charge is 0.328 e. The minimum Gasteiger partial charge on any atom is -0.291 e. The Bertz CT molecular complexity index is 605. The van der Waals surface area contributed by atoms with Gasteiger partial charge in [-0.05, 0) is 6.07 Å². The average Bonchev–Trinajstić information content (AvgIpc) is 2.27. The Balaban J connectivity index is 2.40. The van der Waals surface area contributed by atoms with Gasteiger partial charge in [-0.25, -0.2) is 14.8 Å². The first-order valence-corrected chi connectivity index (χ1v) is 4.80. The Morgan fingerprint density at radius 2 is 2.00 bits per heavy atom. The van der Waals surface area contributed by atoms with Crippen molar-refractivity contribution < 1.29 is 0 Å². The lowest BCUT2D eigenvalue weighted by atomic mass is 10.5. The Kier molecular flexibility index (Phi) is 2.82. The van der Waals surface area contributed by atoms with Crippen LogP contribution in [0, 0.1) is 0 Å². The van der Waals surface area contributed by atoms with Crippen molar-refractivity contribution in [1.29, 1.82) is 0 Å². The average molecular weight is 239 g/mol. The molecule has 0 bridgehead atoms. The summed E-state index contributed by atoms with van der Waals surface area (Å²) >= 11 is 5.61. The molecule has 0 saturated heterocycles. The summed E-state index contributed by atoms with van der Waals surface area (Å²) in [5.74, 6) is 0.465. The summed E-state index contributed by atoms with van der Waals surface area (Å²) in [4.78, 5) is 32.4. The van der Waals surface area contributed by atoms with Crippen molar-refractivity contribution in [2.24, 2.45) is 0 Å². The van der Waals surface area contributed by atoms with Crippen LogP contribution in [0.1, 0.15) is 5.82 Å². The maximum Gasteiger partial charge on any atom is 0.328 e. The van der Waals surface area contributed by atoms with Gasteiger partial charge in [0, 0.05) is 18.6 Å². The van der Waals surface area contributed by atoms with E-state index in [9.17, 15) is 9.59 Å². The topological polar surface area (TPSA) is 80.6 Å². The summed E-state index contributed by atoms with van der Waals surface area (Å²) in [5, 5.41) is -0.0458. The van der Waals surface area contributed by atoms with E-state index in [1.807, 2.05) is 0 Å². The van der Waals surface area contributed by atoms with Gasteiger partial charge in [0.05, 0.1) is 6.54 Å². The molecule has 0 aliphatic carbocycles. The molecule has 16 heavy (non-hydrogen) atoms. The Hall–Kier alpha value is -1.95. The molecule has 0 radical (unpaired) electrons. The third-order valence-corrected chi connectivity index (χ3v) is 2.17. The molecule has 0 aliphatic heterocycles. The third-order valence-electron chi connectivity index (χ3n) is 1.90. The normalized spacial score (nSPS) is 10.3. The summed E-state index contributed by atoms with van der Waals surface area (Å²) in [5.41, 5.74) is -1.14. The van der Waals surface area contributed by atoms with E-state index in [0.29, 0.717) is 5.82 Å². The molecule has 0 aromatic carbocycles. The van der Waals surface area contributed by atoms with Gasteiger partial charge in [-0.2, -0.15) is 0 Å². The fourth-order valence-electron chi connectivity index (χ4n) is 1.16. The lowest BCUT2D eigenvalue weighted by molar-refractivity contribution is 0.685. The van der Waals surface area contributed by atoms with Crippen LogP contribution in [0.2, 0.25) is 5.02 Å². The van der Waals surface area contributed by atoms with Crippen LogP contribution in [0.3, 0.4) is 0 Å². The number of nitrogens with zero attached hydrogens (tertiary/aromatic N) is 3. The molecular weight excluding hydrogens is 232 g/mol. The highest BCUT2D eigenvalue weighted by Gasteiger charge is 2.03. The van der Waals surface area contributed by atoms with E-state index in [2.05, 4.69) is 15.0 Å². The molecule has 1 N–H and O–H groups in total. The van der Waals surface area contributed by atoms with Crippen LogP contribution in [0.15, 0.2) is 34.2 Å². The molecule has 0 amide bonds. The zero-order chi connectivity index (χ0) is 11.5. The predicted octanol–water partition coefficient (Wildman–Crippen LogP) is 0.0283. The van der Waals surface area contributed by atoms with E-state index in [-0.39, 0.29) is 11.6 Å². The predicted molar refractivity (Wildman–Crippen MR) is 57.5 cm³/mol. The second-order valence-corrected chi connectivity index (χ2v) is 3.44. The molecule has 0 saturated carbocycles. The second kappa shape index (κ2) is 4.28. The molecule has 0 fully saturated rings. The van der Waals surface area contributed by atoms with Crippen LogP contribution < -0.4 is 11.2 Å². The van der Waals surface area contributed by atoms with Crippen LogP contribution in [0.5, 0.6) is 0 Å². The minimum atomic E-state index is -0.600. The number of rotatable bonds is 2. The van der Waals surface area contributed by atoms with Crippen molar-refractivity contribution in [2.75, 3.05) is 0 Å². The molecule has 6 nitrogen and oxygen atoms in total. The third kappa shape index (κ3) is 2.17. The molecular formula is C9H7ClN4O2. The van der Waals surface area contributed by atoms with Gasteiger partial charge in [0.15, 0.2) is 0 Å². The summed E-state index contributed by atoms with van der Waals surface area (Å²) in [6.07, 6.45) is 4.40. The highest BCUT2D eigenvalue weighted by Crippen LogP contribution is 1.97. The Morgan fingerprint density at radius 3 is 2.69 bits per heavy atom. The van der Waals surface area contributed by atoms with Crippen LogP contribution in [0.25, 0.3) is 0 Å². The fourth-order valence-corrected chi connectivity index (χ4v) is 1.33. The smallest absolute Gasteiger partial charge is 0.291 e. The first-order chi connectivity index (χ1) is 7.66. The van der Waals surface area contributed by atoms with Crippen molar-refractivity contribution in [1.82, 2.24) is 19.5 Å². The van der Waals surface area contributed by atoms with Crippen molar-refractivity contribution >= 4 is 11.6 Å². The van der Waals surface area contributed by atoms with Gasteiger partial charge in [0.2, 0.25) is 0 Å². The van der Waals surface area contributed by atoms with Gasteiger partial charge in [0.25, 0.3) is 5.56 Å². The first kappa shape index (κ1) is 10.6. The number of H-pyrrole nitrogens is 1. The lowest BCUT2D eigenvalue weighted by Gasteiger charge is -2.03. The second-order valence-electron chi connectivity index (χ2n) is 3.03. The van der Waals surface area contributed by atoms with Gasteiger partial charge < -0.3 is 0 Å². The molecule has 2 aromatic heterocycles. The van der Waals surface area contributed by atoms with Crippen molar-refractivity contribution in [3.8, 4) is 0 Å². The number of halogens is 1. The van der Waals surface area contributed by atoms with E-state index in [1.54, 1.807) is 18.5 Å². The minimum absolute atomic E-state index is 0.0458. The molecule has 2 rings (SSSR count). The number of nitrogens with one attached hydrogen (secondary N) is 1. The number of hydrogen-bond donors (Lipinski definition) is 1. The maximum atomic E-state index is 11.4. The van der Waals surface area contributed by atoms with Crippen molar-refractivity contribution in [3.63, 3.8) is 0 Å². The number of aromatic nitrogens is 4. The lowest BCUT2D eigenvalue weighted by Crippen LogP contribution is -2.30. The number of hydrogen-bond acceptors (Lipinski definition) is 4. The highest BCUT2D eigenvalue weighted by molar-refractivity contribution is 6.30. The van der Waals surface area contributed by atoms with Crippen LogP contribution in [0.4, 0.5) is 0 Å². The molecule has 0 spiro atoms. The Morgan fingerprint density at radius 1 is 1.31 bits per heavy atom. The summed E-state index contributed by atoms with van der Waals surface area (Å²) < 4.78 is 1.24. The molecule has 82 valence electrons. The summed E-state index contributed by atoms with van der Waals surface area (Å²) in [6, 6.07) is 1.67. The van der Waals surface area contributed by atoms with Gasteiger partial charge in [0.1, 0.15) is 10.8 Å². The summed E-state index contributed by atoms with van der Waals surface area (Å²) in [7, 11) is 0. The first-order valence-electron chi connectivity index (χ1n) is 4.42. The van der Waals surface area contributed by atoms with E-state index >= 15 is 0 Å². The van der Waals surface area contributed by atoms with Crippen molar-refractivity contribution in [3.05, 3.63) is 56.3 Å². The van der Waals surface area contributed by atoms with E-state index in [4.69, 9.17) is 11.6 Å². The van der Waals surface area contributed by atoms with Gasteiger partial charge in [-0.15, -0.1) is 0 Å². The summed E-state index contributed by atoms with van der Waals surface area (Å²) in [6.45, 7) is 0.163. The van der Waals surface area contributed by atoms with E-state index in [0.717, 1.165) is 0 Å². The fraction of sp³-hybridized carbons (Fsp3) is 0.111. The van der Waals surface area contributed by atoms with E-state index < -0.39 is 11.2 Å². The zero-order valence-electron chi connectivity index (χ0n) is 8.05. The Labute approximate surface area is 94.6 Å². The molecule has 7 heteroatoms. The molecule has 0 atom stereocenters. The standard InChI is InChI=1S/C9H7ClN4O2/c10-6-4-14(9(16)13-8(6)15)5-7-11-2-1-3-12-7/h1-4H,5H2,(H,13,15,16). The maximum absolute atomic E-state index is 11.4. The SMILES string of the molecule is O=c1[nH]c(=O)n(Cc2ncccn2)cc1Cl. The number of aromatic amines is 1. The highest BCUT2D eigenvalue weighted by atomic mass is 35.5. The molecule has 0 unspecified atom stereocenters. The van der Waals surface area contributed by atoms with Crippen LogP contribution in [-0.4, -0.2) is 19.5 Å². The quantitative estimate of drug-likeness (QED) is 0.800. The van der Waals surface area contributed by atoms with Gasteiger partial charge >= 0.3 is 5.69 Å². The van der Waals surface area contributed by atoms with Gasteiger partial charge in [-0.1, -0.05) is 11.6 Å². The molecule has 2 aromatic rings. The van der Waals surface area contributed by atoms with Gasteiger partial charge in [-0.3, -0.25) is 14.3 Å². The zero-order valence-corrected chi connectivity index (χ0v) is 8.81.